The fourth-order valence-corrected chi connectivity index (χ4v) is 3.17. The Kier molecular flexibility index (Phi) is 8.77. The van der Waals surface area contributed by atoms with Crippen molar-refractivity contribution in [2.45, 2.75) is 88.6 Å². The number of aliphatic hydroxyl groups is 7. The van der Waals surface area contributed by atoms with Gasteiger partial charge in [0.05, 0.1) is 19.8 Å². The highest BCUT2D eigenvalue weighted by atomic mass is 16.7. The predicted molar refractivity (Wildman–Crippen MR) is 96.4 cm³/mol. The van der Waals surface area contributed by atoms with Gasteiger partial charge in [-0.2, -0.15) is 0 Å². The normalized spacial score (nSPS) is 44.1. The van der Waals surface area contributed by atoms with Crippen LogP contribution in [0.1, 0.15) is 27.2 Å². The lowest BCUT2D eigenvalue weighted by molar-refractivity contribution is -0.360. The van der Waals surface area contributed by atoms with Crippen LogP contribution in [-0.4, -0.2) is 117 Å². The summed E-state index contributed by atoms with van der Waals surface area (Å²) in [4.78, 5) is 0. The Bertz CT molecular complexity index is 497. The highest BCUT2D eigenvalue weighted by molar-refractivity contribution is 4.94. The second-order valence-corrected chi connectivity index (χ2v) is 8.69. The first-order valence-electron chi connectivity index (χ1n) is 9.70. The molecule has 0 unspecified atom stereocenters. The molecule has 2 rings (SSSR count). The Labute approximate surface area is 169 Å². The van der Waals surface area contributed by atoms with Crippen LogP contribution in [0.4, 0.5) is 0 Å². The fourth-order valence-electron chi connectivity index (χ4n) is 3.17. The number of aliphatic hydroxyl groups excluding tert-OH is 7. The molecule has 0 aliphatic carbocycles. The van der Waals surface area contributed by atoms with Crippen molar-refractivity contribution in [2.75, 3.05) is 19.8 Å². The Morgan fingerprint density at radius 3 is 1.83 bits per heavy atom. The van der Waals surface area contributed by atoms with Gasteiger partial charge in [-0.3, -0.25) is 0 Å². The monoisotopic (exact) mass is 426 g/mol. The van der Waals surface area contributed by atoms with Gasteiger partial charge in [-0.15, -0.1) is 0 Å². The Hall–Kier alpha value is -0.440. The van der Waals surface area contributed by atoms with Gasteiger partial charge in [0.2, 0.25) is 0 Å². The van der Waals surface area contributed by atoms with Crippen molar-refractivity contribution in [3.05, 3.63) is 0 Å². The molecule has 172 valence electrons. The number of hydrogen-bond acceptors (Lipinski definition) is 11. The smallest absolute Gasteiger partial charge is 0.187 e. The molecule has 2 aliphatic rings. The Morgan fingerprint density at radius 1 is 0.724 bits per heavy atom. The van der Waals surface area contributed by atoms with E-state index in [-0.39, 0.29) is 12.0 Å². The van der Waals surface area contributed by atoms with Crippen molar-refractivity contribution in [2.24, 2.45) is 5.41 Å². The molecule has 0 amide bonds. The maximum Gasteiger partial charge on any atom is 0.187 e. The fraction of sp³-hybridized carbons (Fsp3) is 1.00. The van der Waals surface area contributed by atoms with Crippen molar-refractivity contribution in [3.8, 4) is 0 Å². The van der Waals surface area contributed by atoms with Crippen LogP contribution < -0.4 is 0 Å². The van der Waals surface area contributed by atoms with Gasteiger partial charge in [-0.25, -0.2) is 0 Å². The molecule has 0 aromatic rings. The van der Waals surface area contributed by atoms with E-state index in [9.17, 15) is 35.7 Å². The van der Waals surface area contributed by atoms with E-state index in [0.29, 0.717) is 6.42 Å². The van der Waals surface area contributed by atoms with Crippen LogP contribution in [0.2, 0.25) is 0 Å². The maximum absolute atomic E-state index is 10.6. The largest absolute Gasteiger partial charge is 0.394 e. The van der Waals surface area contributed by atoms with Gasteiger partial charge in [-0.1, -0.05) is 20.8 Å². The van der Waals surface area contributed by atoms with E-state index < -0.39 is 74.6 Å². The SMILES string of the molecule is CC(C)(C)CCO[C@H]1O[C@H](CO)[C@@H](O)[C@H](O[C@H]2O[C@H](CO)[C@@H](O)[C@H](O)[C@@H]2O)[C@@H]1O. The van der Waals surface area contributed by atoms with E-state index in [1.807, 2.05) is 20.8 Å². The molecule has 0 bridgehead atoms. The summed E-state index contributed by atoms with van der Waals surface area (Å²) in [6, 6.07) is 0. The summed E-state index contributed by atoms with van der Waals surface area (Å²) in [7, 11) is 0. The number of hydrogen-bond donors (Lipinski definition) is 7. The van der Waals surface area contributed by atoms with Gasteiger partial charge in [0, 0.05) is 0 Å². The van der Waals surface area contributed by atoms with Gasteiger partial charge in [-0.05, 0) is 11.8 Å². The summed E-state index contributed by atoms with van der Waals surface area (Å²) in [5, 5.41) is 69.6. The average Bonchev–Trinajstić information content (AvgIpc) is 2.65. The second-order valence-electron chi connectivity index (χ2n) is 8.69. The first-order valence-corrected chi connectivity index (χ1v) is 9.70. The highest BCUT2D eigenvalue weighted by Crippen LogP contribution is 2.30. The van der Waals surface area contributed by atoms with Crippen molar-refractivity contribution in [3.63, 3.8) is 0 Å². The number of ether oxygens (including phenoxy) is 4. The maximum atomic E-state index is 10.6. The Morgan fingerprint density at radius 2 is 1.28 bits per heavy atom. The molecular formula is C18H34O11. The molecule has 0 radical (unpaired) electrons. The summed E-state index contributed by atoms with van der Waals surface area (Å²) >= 11 is 0. The lowest BCUT2D eigenvalue weighted by Crippen LogP contribution is -2.64. The van der Waals surface area contributed by atoms with Crippen LogP contribution in [-0.2, 0) is 18.9 Å². The molecule has 11 heteroatoms. The first kappa shape index (κ1) is 24.8. The van der Waals surface area contributed by atoms with Gasteiger partial charge in [0.15, 0.2) is 12.6 Å². The minimum atomic E-state index is -1.71. The van der Waals surface area contributed by atoms with Crippen molar-refractivity contribution >= 4 is 0 Å². The Balaban J connectivity index is 2.09. The third kappa shape index (κ3) is 6.05. The van der Waals surface area contributed by atoms with Gasteiger partial charge < -0.3 is 54.7 Å². The van der Waals surface area contributed by atoms with Crippen LogP contribution >= 0.6 is 0 Å². The first-order chi connectivity index (χ1) is 13.5. The molecule has 7 N–H and O–H groups in total. The zero-order chi connectivity index (χ0) is 21.9. The summed E-state index contributed by atoms with van der Waals surface area (Å²) in [5.41, 5.74) is -0.0260. The van der Waals surface area contributed by atoms with Crippen LogP contribution in [0.5, 0.6) is 0 Å². The van der Waals surface area contributed by atoms with Gasteiger partial charge in [0.1, 0.15) is 48.8 Å². The molecule has 29 heavy (non-hydrogen) atoms. The standard InChI is InChI=1S/C18H34O11/c1-18(2,3)4-5-26-16-14(25)15(11(22)9(7-20)27-16)29-17-13(24)12(23)10(21)8(6-19)28-17/h8-17,19-25H,4-7H2,1-3H3/t8-,9-,10-,11-,12+,13+,14+,15+,16+,17-/m1/s1. The quantitative estimate of drug-likeness (QED) is 0.221. The third-order valence-corrected chi connectivity index (χ3v) is 5.10. The van der Waals surface area contributed by atoms with Crippen molar-refractivity contribution in [1.29, 1.82) is 0 Å². The molecule has 11 nitrogen and oxygen atoms in total. The highest BCUT2D eigenvalue weighted by Gasteiger charge is 2.50. The zero-order valence-corrected chi connectivity index (χ0v) is 16.9. The number of rotatable bonds is 7. The summed E-state index contributed by atoms with van der Waals surface area (Å²) in [6.07, 6.45) is -13.8. The molecular weight excluding hydrogens is 392 g/mol. The molecule has 0 spiro atoms. The zero-order valence-electron chi connectivity index (χ0n) is 16.9. The van der Waals surface area contributed by atoms with E-state index >= 15 is 0 Å². The minimum absolute atomic E-state index is 0.0260. The lowest BCUT2D eigenvalue weighted by Gasteiger charge is -2.46. The van der Waals surface area contributed by atoms with Crippen molar-refractivity contribution in [1.82, 2.24) is 0 Å². The second kappa shape index (κ2) is 10.2. The third-order valence-electron chi connectivity index (χ3n) is 5.10. The van der Waals surface area contributed by atoms with Crippen molar-refractivity contribution < 1.29 is 54.7 Å². The molecule has 2 heterocycles. The molecule has 2 aliphatic heterocycles. The van der Waals surface area contributed by atoms with E-state index in [1.54, 1.807) is 0 Å². The summed E-state index contributed by atoms with van der Waals surface area (Å²) < 4.78 is 21.8. The topological polar surface area (TPSA) is 179 Å². The summed E-state index contributed by atoms with van der Waals surface area (Å²) in [6.45, 7) is 5.05. The minimum Gasteiger partial charge on any atom is -0.394 e. The molecule has 10 atom stereocenters. The van der Waals surface area contributed by atoms with Gasteiger partial charge >= 0.3 is 0 Å². The van der Waals surface area contributed by atoms with E-state index in [4.69, 9.17) is 18.9 Å². The van der Waals surface area contributed by atoms with Crippen LogP contribution in [0.3, 0.4) is 0 Å². The summed E-state index contributed by atoms with van der Waals surface area (Å²) in [5.74, 6) is 0. The van der Waals surface area contributed by atoms with Crippen LogP contribution in [0.15, 0.2) is 0 Å². The van der Waals surface area contributed by atoms with Crippen LogP contribution in [0, 0.1) is 5.41 Å². The molecule has 2 fully saturated rings. The molecule has 2 saturated heterocycles. The van der Waals surface area contributed by atoms with Gasteiger partial charge in [0.25, 0.3) is 0 Å². The van der Waals surface area contributed by atoms with E-state index in [0.717, 1.165) is 0 Å². The average molecular weight is 426 g/mol. The molecule has 0 saturated carbocycles. The van der Waals surface area contributed by atoms with Crippen LogP contribution in [0.25, 0.3) is 0 Å². The predicted octanol–water partition coefficient (Wildman–Crippen LogP) is -2.94. The molecule has 0 aromatic heterocycles. The van der Waals surface area contributed by atoms with E-state index in [2.05, 4.69) is 0 Å². The lowest BCUT2D eigenvalue weighted by atomic mass is 9.93. The van der Waals surface area contributed by atoms with E-state index in [1.165, 1.54) is 0 Å². The molecule has 0 aromatic carbocycles.